The highest BCUT2D eigenvalue weighted by molar-refractivity contribution is 5.72. The molecule has 0 atom stereocenters. The Morgan fingerprint density at radius 2 is 2.17 bits per heavy atom. The number of nitrogens with zero attached hydrogens (tertiary/aromatic N) is 2. The van der Waals surface area contributed by atoms with Gasteiger partial charge in [0.25, 0.3) is 5.56 Å². The van der Waals surface area contributed by atoms with Gasteiger partial charge in [0, 0.05) is 13.1 Å². The van der Waals surface area contributed by atoms with E-state index in [0.29, 0.717) is 36.7 Å². The molecule has 0 aliphatic carbocycles. The maximum Gasteiger partial charge on any atom is 0.330 e. The highest BCUT2D eigenvalue weighted by Gasteiger charge is 2.11. The van der Waals surface area contributed by atoms with Crippen LogP contribution in [0.4, 0.5) is 5.95 Å². The lowest BCUT2D eigenvalue weighted by Gasteiger charge is -2.00. The van der Waals surface area contributed by atoms with Crippen LogP contribution in [0, 0.1) is 0 Å². The maximum atomic E-state index is 11.6. The van der Waals surface area contributed by atoms with Crippen LogP contribution in [0.3, 0.4) is 0 Å². The number of hydrogen-bond donors (Lipinski definition) is 4. The molecular weight excluding hydrogens is 236 g/mol. The lowest BCUT2D eigenvalue weighted by atomic mass is 10.4. The Hall–Kier alpha value is -2.09. The van der Waals surface area contributed by atoms with E-state index in [-0.39, 0.29) is 0 Å². The van der Waals surface area contributed by atoms with Gasteiger partial charge in [-0.25, -0.2) is 4.79 Å². The van der Waals surface area contributed by atoms with Crippen LogP contribution in [-0.4, -0.2) is 32.6 Å². The van der Waals surface area contributed by atoms with Crippen LogP contribution in [0.5, 0.6) is 0 Å². The molecule has 2 rings (SSSR count). The standard InChI is InChI=1S/C10H16N6O2/c1-2-16-7-6(8(17)15-10(16)18)13-9(14-7)12-5-3-4-11/h2-5,11H2,1H3,(H2,12,13,14)(H,15,17,18). The van der Waals surface area contributed by atoms with Crippen molar-refractivity contribution in [1.82, 2.24) is 19.5 Å². The van der Waals surface area contributed by atoms with Crippen molar-refractivity contribution < 1.29 is 0 Å². The number of H-pyrrole nitrogens is 2. The second-order valence-electron chi connectivity index (χ2n) is 3.86. The Kier molecular flexibility index (Phi) is 3.47. The third kappa shape index (κ3) is 2.14. The molecule has 0 aliphatic rings. The molecule has 2 heterocycles. The summed E-state index contributed by atoms with van der Waals surface area (Å²) in [4.78, 5) is 32.5. The minimum absolute atomic E-state index is 0.298. The molecule has 8 nitrogen and oxygen atoms in total. The first-order chi connectivity index (χ1) is 8.67. The number of aromatic amines is 2. The van der Waals surface area contributed by atoms with Gasteiger partial charge in [0.2, 0.25) is 5.95 Å². The molecule has 0 aliphatic heterocycles. The number of nitrogens with one attached hydrogen (secondary N) is 3. The molecule has 98 valence electrons. The number of imidazole rings is 1. The zero-order valence-electron chi connectivity index (χ0n) is 10.1. The molecule has 2 aromatic rings. The molecular formula is C10H16N6O2. The van der Waals surface area contributed by atoms with E-state index in [9.17, 15) is 9.59 Å². The van der Waals surface area contributed by atoms with Gasteiger partial charge in [0.15, 0.2) is 11.2 Å². The molecule has 0 aromatic carbocycles. The number of rotatable bonds is 5. The molecule has 0 unspecified atom stereocenters. The normalized spacial score (nSPS) is 11.0. The monoisotopic (exact) mass is 252 g/mol. The summed E-state index contributed by atoms with van der Waals surface area (Å²) in [6.45, 7) is 3.49. The van der Waals surface area contributed by atoms with Crippen LogP contribution >= 0.6 is 0 Å². The third-order valence-corrected chi connectivity index (χ3v) is 2.62. The molecule has 0 bridgehead atoms. The molecule has 2 aromatic heterocycles. The van der Waals surface area contributed by atoms with Crippen molar-refractivity contribution in [2.45, 2.75) is 19.9 Å². The van der Waals surface area contributed by atoms with E-state index < -0.39 is 11.2 Å². The van der Waals surface area contributed by atoms with Crippen molar-refractivity contribution in [2.75, 3.05) is 18.4 Å². The van der Waals surface area contributed by atoms with Crippen LogP contribution in [0.25, 0.3) is 11.2 Å². The Bertz CT molecular complexity index is 652. The smallest absolute Gasteiger partial charge is 0.330 e. The molecule has 0 amide bonds. The van der Waals surface area contributed by atoms with Gasteiger partial charge < -0.3 is 16.0 Å². The predicted octanol–water partition coefficient (Wildman–Crippen LogP) is -0.807. The molecule has 0 spiro atoms. The first-order valence-corrected chi connectivity index (χ1v) is 5.84. The number of hydrogen-bond acceptors (Lipinski definition) is 5. The Balaban J connectivity index is 2.46. The van der Waals surface area contributed by atoms with Gasteiger partial charge in [-0.1, -0.05) is 0 Å². The fourth-order valence-corrected chi connectivity index (χ4v) is 1.73. The van der Waals surface area contributed by atoms with E-state index in [0.717, 1.165) is 6.42 Å². The molecule has 0 saturated carbocycles. The van der Waals surface area contributed by atoms with Crippen molar-refractivity contribution in [1.29, 1.82) is 0 Å². The SMILES string of the molecule is CCn1c(=O)[nH]c(=O)c2[nH]c(NCCCN)nc21. The second kappa shape index (κ2) is 5.05. The first kappa shape index (κ1) is 12.4. The Morgan fingerprint density at radius 1 is 1.39 bits per heavy atom. The van der Waals surface area contributed by atoms with Crippen molar-refractivity contribution in [2.24, 2.45) is 5.73 Å². The molecule has 18 heavy (non-hydrogen) atoms. The number of nitrogens with two attached hydrogens (primary N) is 1. The van der Waals surface area contributed by atoms with E-state index in [1.54, 1.807) is 0 Å². The van der Waals surface area contributed by atoms with Gasteiger partial charge in [-0.15, -0.1) is 0 Å². The fourth-order valence-electron chi connectivity index (χ4n) is 1.73. The summed E-state index contributed by atoms with van der Waals surface area (Å²) in [5.41, 5.74) is 5.14. The van der Waals surface area contributed by atoms with Crippen LogP contribution in [0.2, 0.25) is 0 Å². The summed E-state index contributed by atoms with van der Waals surface area (Å²) in [5, 5.41) is 3.02. The van der Waals surface area contributed by atoms with Crippen LogP contribution in [0.15, 0.2) is 9.59 Å². The molecule has 8 heteroatoms. The van der Waals surface area contributed by atoms with Gasteiger partial charge in [-0.3, -0.25) is 14.3 Å². The van der Waals surface area contributed by atoms with Crippen molar-refractivity contribution in [3.8, 4) is 0 Å². The van der Waals surface area contributed by atoms with Crippen molar-refractivity contribution in [3.63, 3.8) is 0 Å². The molecule has 0 radical (unpaired) electrons. The summed E-state index contributed by atoms with van der Waals surface area (Å²) in [5.74, 6) is 0.469. The van der Waals surface area contributed by atoms with E-state index in [4.69, 9.17) is 5.73 Å². The average molecular weight is 252 g/mol. The summed E-state index contributed by atoms with van der Waals surface area (Å²) >= 11 is 0. The van der Waals surface area contributed by atoms with Gasteiger partial charge in [0.1, 0.15) is 0 Å². The van der Waals surface area contributed by atoms with E-state index in [2.05, 4.69) is 20.3 Å². The van der Waals surface area contributed by atoms with E-state index >= 15 is 0 Å². The summed E-state index contributed by atoms with van der Waals surface area (Å²) in [7, 11) is 0. The molecule has 0 saturated heterocycles. The first-order valence-electron chi connectivity index (χ1n) is 5.84. The topological polar surface area (TPSA) is 122 Å². The minimum Gasteiger partial charge on any atom is -0.356 e. The number of aromatic nitrogens is 4. The summed E-state index contributed by atoms with van der Waals surface area (Å²) in [6, 6.07) is 0. The van der Waals surface area contributed by atoms with Gasteiger partial charge in [-0.2, -0.15) is 4.98 Å². The number of aryl methyl sites for hydroxylation is 1. The summed E-state index contributed by atoms with van der Waals surface area (Å²) in [6.07, 6.45) is 0.800. The third-order valence-electron chi connectivity index (χ3n) is 2.62. The Morgan fingerprint density at radius 3 is 2.83 bits per heavy atom. The largest absolute Gasteiger partial charge is 0.356 e. The van der Waals surface area contributed by atoms with Crippen LogP contribution in [-0.2, 0) is 6.54 Å². The van der Waals surface area contributed by atoms with Gasteiger partial charge in [0.05, 0.1) is 0 Å². The van der Waals surface area contributed by atoms with Gasteiger partial charge >= 0.3 is 5.69 Å². The zero-order valence-corrected chi connectivity index (χ0v) is 10.1. The zero-order chi connectivity index (χ0) is 13.1. The maximum absolute atomic E-state index is 11.6. The number of anilines is 1. The highest BCUT2D eigenvalue weighted by Crippen LogP contribution is 2.08. The van der Waals surface area contributed by atoms with Crippen LogP contribution < -0.4 is 22.3 Å². The van der Waals surface area contributed by atoms with E-state index in [1.807, 2.05) is 6.92 Å². The number of fused-ring (bicyclic) bond motifs is 1. The highest BCUT2D eigenvalue weighted by atomic mass is 16.2. The van der Waals surface area contributed by atoms with Crippen molar-refractivity contribution >= 4 is 17.1 Å². The van der Waals surface area contributed by atoms with E-state index in [1.165, 1.54) is 4.57 Å². The van der Waals surface area contributed by atoms with Crippen molar-refractivity contribution in [3.05, 3.63) is 20.8 Å². The quantitative estimate of drug-likeness (QED) is 0.519. The lowest BCUT2D eigenvalue weighted by Crippen LogP contribution is -2.29. The minimum atomic E-state index is -0.459. The second-order valence-corrected chi connectivity index (χ2v) is 3.86. The average Bonchev–Trinajstić information content (AvgIpc) is 2.74. The summed E-state index contributed by atoms with van der Waals surface area (Å²) < 4.78 is 1.40. The Labute approximate surface area is 102 Å². The van der Waals surface area contributed by atoms with Gasteiger partial charge in [-0.05, 0) is 19.9 Å². The predicted molar refractivity (Wildman–Crippen MR) is 68.8 cm³/mol. The fraction of sp³-hybridized carbons (Fsp3) is 0.500. The van der Waals surface area contributed by atoms with Crippen LogP contribution in [0.1, 0.15) is 13.3 Å². The molecule has 5 N–H and O–H groups in total. The molecule has 0 fully saturated rings. The lowest BCUT2D eigenvalue weighted by molar-refractivity contribution is 0.719.